The molecule has 1 aromatic carbocycles. The van der Waals surface area contributed by atoms with E-state index in [4.69, 9.17) is 0 Å². The Hall–Kier alpha value is -2.16. The van der Waals surface area contributed by atoms with Crippen molar-refractivity contribution in [3.63, 3.8) is 0 Å². The minimum atomic E-state index is -0.131. The molecular weight excluding hydrogens is 272 g/mol. The first-order chi connectivity index (χ1) is 10.7. The zero-order chi connectivity index (χ0) is 16.2. The van der Waals surface area contributed by atoms with Crippen molar-refractivity contribution in [3.05, 3.63) is 60.3 Å². The predicted molar refractivity (Wildman–Crippen MR) is 94.0 cm³/mol. The average Bonchev–Trinajstić information content (AvgIpc) is 2.51. The summed E-state index contributed by atoms with van der Waals surface area (Å²) in [6.07, 6.45) is 10.1. The Labute approximate surface area is 133 Å². The fourth-order valence-electron chi connectivity index (χ4n) is 2.01. The van der Waals surface area contributed by atoms with Gasteiger partial charge in [-0.05, 0) is 38.3 Å². The van der Waals surface area contributed by atoms with Gasteiger partial charge >= 0.3 is 0 Å². The van der Waals surface area contributed by atoms with E-state index >= 15 is 0 Å². The highest BCUT2D eigenvalue weighted by Crippen LogP contribution is 2.03. The lowest BCUT2D eigenvalue weighted by Gasteiger charge is -2.14. The van der Waals surface area contributed by atoms with E-state index in [2.05, 4.69) is 29.4 Å². The van der Waals surface area contributed by atoms with Gasteiger partial charge < -0.3 is 5.32 Å². The van der Waals surface area contributed by atoms with Crippen LogP contribution in [0.25, 0.3) is 0 Å². The van der Waals surface area contributed by atoms with Crippen LogP contribution in [0.1, 0.15) is 39.2 Å². The van der Waals surface area contributed by atoms with Crippen LogP contribution < -0.4 is 5.32 Å². The highest BCUT2D eigenvalue weighted by molar-refractivity contribution is 6.43. The molecule has 1 unspecified atom stereocenters. The van der Waals surface area contributed by atoms with E-state index in [-0.39, 0.29) is 11.9 Å². The molecule has 22 heavy (non-hydrogen) atoms. The molecule has 1 rings (SSSR count). The van der Waals surface area contributed by atoms with Gasteiger partial charge in [-0.25, -0.2) is 0 Å². The molecule has 1 aromatic rings. The van der Waals surface area contributed by atoms with Gasteiger partial charge in [0.15, 0.2) is 0 Å². The van der Waals surface area contributed by atoms with Crippen LogP contribution in [0.2, 0.25) is 0 Å². The van der Waals surface area contributed by atoms with E-state index in [1.807, 2.05) is 44.2 Å². The van der Waals surface area contributed by atoms with E-state index in [0.717, 1.165) is 19.3 Å². The van der Waals surface area contributed by atoms with Crippen LogP contribution in [0.3, 0.4) is 0 Å². The molecule has 0 aliphatic heterocycles. The van der Waals surface area contributed by atoms with Gasteiger partial charge in [0.25, 0.3) is 5.91 Å². The maximum Gasteiger partial charge on any atom is 0.270 e. The van der Waals surface area contributed by atoms with E-state index in [1.165, 1.54) is 5.56 Å². The van der Waals surface area contributed by atoms with Crippen LogP contribution in [-0.2, 0) is 11.2 Å². The van der Waals surface area contributed by atoms with Gasteiger partial charge in [-0.3, -0.25) is 9.79 Å². The lowest BCUT2D eigenvalue weighted by atomic mass is 10.1. The molecule has 0 heterocycles. The van der Waals surface area contributed by atoms with Crippen LogP contribution in [0.4, 0.5) is 0 Å². The Balaban J connectivity index is 2.65. The number of unbranched alkanes of at least 4 members (excludes halogenated alkanes) is 1. The molecule has 0 bridgehead atoms. The molecule has 0 spiro atoms. The van der Waals surface area contributed by atoms with Crippen LogP contribution in [0.15, 0.2) is 59.8 Å². The molecule has 1 amide bonds. The standard InChI is InChI=1S/C19H26N2O/c1-4-6-8-13-18(20-14-5-2)19(22)21-16(3)15-17-11-9-7-10-12-17/h5,7-14,16H,4,6,15H2,1-3H3,(H,21,22)/b13-8+,14-5-,20-18-. The number of carbonyl (C=O) groups is 1. The first-order valence-corrected chi connectivity index (χ1v) is 7.87. The molecule has 0 aliphatic rings. The largest absolute Gasteiger partial charge is 0.348 e. The van der Waals surface area contributed by atoms with Gasteiger partial charge in [-0.2, -0.15) is 0 Å². The number of hydrogen-bond donors (Lipinski definition) is 1. The molecule has 1 atom stereocenters. The fraction of sp³-hybridized carbons (Fsp3) is 0.368. The lowest BCUT2D eigenvalue weighted by Crippen LogP contribution is -2.38. The number of aliphatic imine (C=N–C) groups is 1. The number of benzene rings is 1. The Morgan fingerprint density at radius 1 is 1.32 bits per heavy atom. The van der Waals surface area contributed by atoms with Gasteiger partial charge in [0.2, 0.25) is 0 Å². The number of rotatable bonds is 8. The lowest BCUT2D eigenvalue weighted by molar-refractivity contribution is -0.115. The highest BCUT2D eigenvalue weighted by Gasteiger charge is 2.11. The predicted octanol–water partition coefficient (Wildman–Crippen LogP) is 4.06. The maximum atomic E-state index is 12.3. The summed E-state index contributed by atoms with van der Waals surface area (Å²) in [6.45, 7) is 6.00. The molecule has 0 aromatic heterocycles. The molecule has 0 saturated carbocycles. The summed E-state index contributed by atoms with van der Waals surface area (Å²) in [6, 6.07) is 10.2. The summed E-state index contributed by atoms with van der Waals surface area (Å²) >= 11 is 0. The third-order valence-corrected chi connectivity index (χ3v) is 3.09. The molecule has 3 heteroatoms. The van der Waals surface area contributed by atoms with Crippen LogP contribution >= 0.6 is 0 Å². The van der Waals surface area contributed by atoms with E-state index in [1.54, 1.807) is 12.3 Å². The van der Waals surface area contributed by atoms with Crippen molar-refractivity contribution in [3.8, 4) is 0 Å². The highest BCUT2D eigenvalue weighted by atomic mass is 16.1. The number of amides is 1. The van der Waals surface area contributed by atoms with E-state index in [9.17, 15) is 4.79 Å². The number of allylic oxidation sites excluding steroid dienone is 2. The van der Waals surface area contributed by atoms with E-state index < -0.39 is 0 Å². The monoisotopic (exact) mass is 298 g/mol. The second-order valence-corrected chi connectivity index (χ2v) is 5.25. The van der Waals surface area contributed by atoms with Gasteiger partial charge in [0.1, 0.15) is 5.71 Å². The molecule has 0 aliphatic carbocycles. The summed E-state index contributed by atoms with van der Waals surface area (Å²) in [7, 11) is 0. The summed E-state index contributed by atoms with van der Waals surface area (Å²) in [5, 5.41) is 3.01. The zero-order valence-electron chi connectivity index (χ0n) is 13.8. The second kappa shape index (κ2) is 10.6. The third-order valence-electron chi connectivity index (χ3n) is 3.09. The molecule has 0 fully saturated rings. The number of nitrogens with zero attached hydrogens (tertiary/aromatic N) is 1. The smallest absolute Gasteiger partial charge is 0.270 e. The van der Waals surface area contributed by atoms with Crippen molar-refractivity contribution in [2.45, 2.75) is 46.1 Å². The summed E-state index contributed by atoms with van der Waals surface area (Å²) < 4.78 is 0. The zero-order valence-corrected chi connectivity index (χ0v) is 13.8. The van der Waals surface area contributed by atoms with Crippen LogP contribution in [0.5, 0.6) is 0 Å². The van der Waals surface area contributed by atoms with Gasteiger partial charge in [-0.1, -0.05) is 55.8 Å². The number of carbonyl (C=O) groups excluding carboxylic acids is 1. The molecular formula is C19H26N2O. The minimum absolute atomic E-state index is 0.0604. The van der Waals surface area contributed by atoms with Crippen LogP contribution in [-0.4, -0.2) is 17.7 Å². The fourth-order valence-corrected chi connectivity index (χ4v) is 2.01. The van der Waals surface area contributed by atoms with Crippen molar-refractivity contribution in [2.75, 3.05) is 0 Å². The summed E-state index contributed by atoms with van der Waals surface area (Å²) in [4.78, 5) is 16.5. The second-order valence-electron chi connectivity index (χ2n) is 5.25. The first kappa shape index (κ1) is 17.9. The number of nitrogens with one attached hydrogen (secondary N) is 1. The van der Waals surface area contributed by atoms with Gasteiger partial charge in [0, 0.05) is 12.2 Å². The van der Waals surface area contributed by atoms with Crippen molar-refractivity contribution in [1.29, 1.82) is 0 Å². The molecule has 118 valence electrons. The topological polar surface area (TPSA) is 41.5 Å². The van der Waals surface area contributed by atoms with Crippen molar-refractivity contribution >= 4 is 11.6 Å². The maximum absolute atomic E-state index is 12.3. The Morgan fingerprint density at radius 2 is 2.05 bits per heavy atom. The first-order valence-electron chi connectivity index (χ1n) is 7.87. The van der Waals surface area contributed by atoms with Crippen molar-refractivity contribution in [2.24, 2.45) is 4.99 Å². The Morgan fingerprint density at radius 3 is 2.68 bits per heavy atom. The normalized spacial score (nSPS) is 13.7. The average molecular weight is 298 g/mol. The molecule has 0 saturated heterocycles. The molecule has 0 radical (unpaired) electrons. The van der Waals surface area contributed by atoms with Crippen molar-refractivity contribution in [1.82, 2.24) is 5.32 Å². The molecule has 3 nitrogen and oxygen atoms in total. The van der Waals surface area contributed by atoms with Gasteiger partial charge in [-0.15, -0.1) is 0 Å². The Bertz CT molecular complexity index is 530. The van der Waals surface area contributed by atoms with Crippen molar-refractivity contribution < 1.29 is 4.79 Å². The SMILES string of the molecule is C\C=C/N=C(/C=C/CCC)C(=O)NC(C)Cc1ccccc1. The Kier molecular flexibility index (Phi) is 8.58. The van der Waals surface area contributed by atoms with Crippen LogP contribution in [0, 0.1) is 0 Å². The number of hydrogen-bond acceptors (Lipinski definition) is 2. The quantitative estimate of drug-likeness (QED) is 0.722. The summed E-state index contributed by atoms with van der Waals surface area (Å²) in [5.41, 5.74) is 1.66. The summed E-state index contributed by atoms with van der Waals surface area (Å²) in [5.74, 6) is -0.131. The van der Waals surface area contributed by atoms with E-state index in [0.29, 0.717) is 5.71 Å². The van der Waals surface area contributed by atoms with Gasteiger partial charge in [0.05, 0.1) is 0 Å². The minimum Gasteiger partial charge on any atom is -0.348 e. The third kappa shape index (κ3) is 7.02. The molecule has 1 N–H and O–H groups in total.